The Morgan fingerprint density at radius 2 is 2.00 bits per heavy atom. The number of carbonyl (C=O) groups is 1. The number of carbonyl (C=O) groups excluding carboxylic acids is 1. The Bertz CT molecular complexity index is 874. The van der Waals surface area contributed by atoms with Gasteiger partial charge in [-0.25, -0.2) is 9.97 Å². The molecule has 0 bridgehead atoms. The molecule has 1 aliphatic carbocycles. The second-order valence-electron chi connectivity index (χ2n) is 8.92. The molecule has 2 aromatic heterocycles. The number of amides is 1. The number of H-pyrrole nitrogens is 1. The van der Waals surface area contributed by atoms with Gasteiger partial charge >= 0.3 is 0 Å². The Morgan fingerprint density at radius 3 is 2.77 bits per heavy atom. The fourth-order valence-corrected chi connectivity index (χ4v) is 5.33. The van der Waals surface area contributed by atoms with E-state index in [2.05, 4.69) is 25.1 Å². The first-order chi connectivity index (χ1) is 15.2. The molecule has 2 aromatic rings. The Hall–Kier alpha value is -2.45. The van der Waals surface area contributed by atoms with E-state index < -0.39 is 0 Å². The van der Waals surface area contributed by atoms with Crippen molar-refractivity contribution in [3.8, 4) is 11.4 Å². The highest BCUT2D eigenvalue weighted by Crippen LogP contribution is 2.35. The molecule has 4 heterocycles. The summed E-state index contributed by atoms with van der Waals surface area (Å²) >= 11 is 0. The van der Waals surface area contributed by atoms with Crippen LogP contribution in [-0.2, 0) is 9.53 Å². The Labute approximate surface area is 183 Å². The molecule has 3 aliphatic rings. The molecule has 1 saturated carbocycles. The smallest absolute Gasteiger partial charge is 0.240 e. The van der Waals surface area contributed by atoms with Crippen molar-refractivity contribution in [2.45, 2.75) is 50.1 Å². The van der Waals surface area contributed by atoms with Crippen LogP contribution in [0.4, 0.5) is 5.95 Å². The van der Waals surface area contributed by atoms with E-state index in [1.165, 1.54) is 6.42 Å². The quantitative estimate of drug-likeness (QED) is 0.765. The van der Waals surface area contributed by atoms with Crippen molar-refractivity contribution in [3.05, 3.63) is 30.6 Å². The van der Waals surface area contributed by atoms with Crippen molar-refractivity contribution in [2.75, 3.05) is 44.3 Å². The summed E-state index contributed by atoms with van der Waals surface area (Å²) in [6, 6.07) is 6.02. The topological polar surface area (TPSA) is 86.4 Å². The van der Waals surface area contributed by atoms with Crippen LogP contribution in [0.3, 0.4) is 0 Å². The monoisotopic (exact) mass is 424 g/mol. The third kappa shape index (κ3) is 4.19. The van der Waals surface area contributed by atoms with Gasteiger partial charge in [0.1, 0.15) is 5.54 Å². The van der Waals surface area contributed by atoms with Gasteiger partial charge in [-0.15, -0.1) is 0 Å². The second kappa shape index (κ2) is 8.96. The van der Waals surface area contributed by atoms with E-state index in [0.29, 0.717) is 0 Å². The van der Waals surface area contributed by atoms with Crippen molar-refractivity contribution < 1.29 is 9.53 Å². The summed E-state index contributed by atoms with van der Waals surface area (Å²) in [6.45, 7) is 4.75. The minimum absolute atomic E-state index is 0.130. The van der Waals surface area contributed by atoms with E-state index in [0.717, 1.165) is 88.8 Å². The molecule has 3 fully saturated rings. The van der Waals surface area contributed by atoms with Crippen LogP contribution in [0.5, 0.6) is 0 Å². The first-order valence-corrected chi connectivity index (χ1v) is 11.6. The lowest BCUT2D eigenvalue weighted by molar-refractivity contribution is -0.140. The largest absolute Gasteiger partial charge is 0.379 e. The van der Waals surface area contributed by atoms with Gasteiger partial charge in [0.05, 0.1) is 24.6 Å². The number of hydrogen-bond donors (Lipinski definition) is 2. The van der Waals surface area contributed by atoms with Gasteiger partial charge < -0.3 is 19.9 Å². The highest BCUT2D eigenvalue weighted by atomic mass is 16.5. The molecule has 0 aromatic carbocycles. The van der Waals surface area contributed by atoms with Gasteiger partial charge in [0.25, 0.3) is 0 Å². The maximum Gasteiger partial charge on any atom is 0.240 e. The molecule has 31 heavy (non-hydrogen) atoms. The van der Waals surface area contributed by atoms with E-state index in [1.54, 1.807) is 6.20 Å². The molecular formula is C23H32N6O2. The molecule has 166 valence electrons. The van der Waals surface area contributed by atoms with Crippen LogP contribution < -0.4 is 10.2 Å². The summed E-state index contributed by atoms with van der Waals surface area (Å²) in [5.41, 5.74) is 1.51. The highest BCUT2D eigenvalue weighted by molar-refractivity contribution is 5.87. The van der Waals surface area contributed by atoms with Gasteiger partial charge in [-0.2, -0.15) is 0 Å². The highest BCUT2D eigenvalue weighted by Gasteiger charge is 2.46. The number of aromatic nitrogens is 3. The maximum absolute atomic E-state index is 13.6. The van der Waals surface area contributed by atoms with Crippen molar-refractivity contribution >= 4 is 11.9 Å². The maximum atomic E-state index is 13.6. The number of ether oxygens (including phenoxy) is 1. The number of nitrogens with zero attached hydrogens (tertiary/aromatic N) is 4. The van der Waals surface area contributed by atoms with Gasteiger partial charge in [0.2, 0.25) is 11.9 Å². The third-order valence-corrected chi connectivity index (χ3v) is 7.04. The van der Waals surface area contributed by atoms with Crippen molar-refractivity contribution in [1.82, 2.24) is 25.2 Å². The number of aromatic amines is 1. The zero-order valence-corrected chi connectivity index (χ0v) is 18.1. The molecule has 5 rings (SSSR count). The SMILES string of the molecule is O=C(NC1CCN(c2nccc(-c3ccc[nH]3)n2)C1)C1(N2CCOCC2)CCCCC1. The summed E-state index contributed by atoms with van der Waals surface area (Å²) in [4.78, 5) is 30.6. The molecule has 2 aliphatic heterocycles. The van der Waals surface area contributed by atoms with E-state index in [4.69, 9.17) is 9.72 Å². The molecule has 2 saturated heterocycles. The predicted molar refractivity (Wildman–Crippen MR) is 119 cm³/mol. The van der Waals surface area contributed by atoms with Crippen LogP contribution in [0.1, 0.15) is 38.5 Å². The van der Waals surface area contributed by atoms with E-state index in [9.17, 15) is 4.79 Å². The molecule has 1 unspecified atom stereocenters. The lowest BCUT2D eigenvalue weighted by Gasteiger charge is -2.47. The van der Waals surface area contributed by atoms with Gasteiger partial charge in [-0.3, -0.25) is 9.69 Å². The summed E-state index contributed by atoms with van der Waals surface area (Å²) in [5.74, 6) is 0.936. The number of nitrogens with one attached hydrogen (secondary N) is 2. The predicted octanol–water partition coefficient (Wildman–Crippen LogP) is 2.20. The molecule has 8 heteroatoms. The summed E-state index contributed by atoms with van der Waals surface area (Å²) < 4.78 is 5.55. The number of rotatable bonds is 5. The summed E-state index contributed by atoms with van der Waals surface area (Å²) in [6.07, 6.45) is 10.0. The molecular weight excluding hydrogens is 392 g/mol. The van der Waals surface area contributed by atoms with Crippen LogP contribution in [0, 0.1) is 0 Å². The molecule has 0 radical (unpaired) electrons. The summed E-state index contributed by atoms with van der Waals surface area (Å²) in [5, 5.41) is 3.40. The molecule has 1 amide bonds. The van der Waals surface area contributed by atoms with Gasteiger partial charge in [-0.05, 0) is 37.5 Å². The zero-order valence-electron chi connectivity index (χ0n) is 18.1. The molecule has 2 N–H and O–H groups in total. The fourth-order valence-electron chi connectivity index (χ4n) is 5.33. The van der Waals surface area contributed by atoms with Gasteiger partial charge in [0.15, 0.2) is 0 Å². The van der Waals surface area contributed by atoms with E-state index in [1.807, 2.05) is 24.4 Å². The standard InChI is InChI=1S/C23H32N6O2/c30-21(23(8-2-1-3-9-23)29-13-15-31-16-14-29)26-18-7-12-28(17-18)22-25-11-6-20(27-22)19-5-4-10-24-19/h4-6,10-11,18,24H,1-3,7-9,12-17H2,(H,26,30). The lowest BCUT2D eigenvalue weighted by atomic mass is 9.79. The van der Waals surface area contributed by atoms with E-state index in [-0.39, 0.29) is 17.5 Å². The number of hydrogen-bond acceptors (Lipinski definition) is 6. The minimum atomic E-state index is -0.362. The van der Waals surface area contributed by atoms with Crippen LogP contribution in [0.2, 0.25) is 0 Å². The number of anilines is 1. The van der Waals surface area contributed by atoms with E-state index >= 15 is 0 Å². The Kier molecular flexibility index (Phi) is 5.91. The van der Waals surface area contributed by atoms with Gasteiger partial charge in [0, 0.05) is 44.6 Å². The zero-order chi connectivity index (χ0) is 21.1. The molecule has 8 nitrogen and oxygen atoms in total. The Morgan fingerprint density at radius 1 is 1.16 bits per heavy atom. The van der Waals surface area contributed by atoms with Crippen LogP contribution in [-0.4, -0.2) is 76.7 Å². The van der Waals surface area contributed by atoms with Crippen LogP contribution in [0.25, 0.3) is 11.4 Å². The first-order valence-electron chi connectivity index (χ1n) is 11.6. The van der Waals surface area contributed by atoms with Gasteiger partial charge in [-0.1, -0.05) is 19.3 Å². The first kappa shape index (κ1) is 20.5. The fraction of sp³-hybridized carbons (Fsp3) is 0.609. The third-order valence-electron chi connectivity index (χ3n) is 7.04. The second-order valence-corrected chi connectivity index (χ2v) is 8.92. The minimum Gasteiger partial charge on any atom is -0.379 e. The average molecular weight is 425 g/mol. The van der Waals surface area contributed by atoms with Crippen LogP contribution in [0.15, 0.2) is 30.6 Å². The molecule has 1 atom stereocenters. The van der Waals surface area contributed by atoms with Crippen molar-refractivity contribution in [1.29, 1.82) is 0 Å². The normalized spacial score (nSPS) is 24.3. The summed E-state index contributed by atoms with van der Waals surface area (Å²) in [7, 11) is 0. The molecule has 0 spiro atoms. The van der Waals surface area contributed by atoms with Crippen molar-refractivity contribution in [2.24, 2.45) is 0 Å². The Balaban J connectivity index is 1.26. The van der Waals surface area contributed by atoms with Crippen LogP contribution >= 0.6 is 0 Å². The van der Waals surface area contributed by atoms with Crippen molar-refractivity contribution in [3.63, 3.8) is 0 Å². The number of morpholine rings is 1. The average Bonchev–Trinajstić information content (AvgIpc) is 3.53. The lowest BCUT2D eigenvalue weighted by Crippen LogP contribution is -2.63.